The Kier molecular flexibility index (Phi) is 7.85. The normalized spacial score (nSPS) is 10.8. The molecule has 1 amide bonds. The van der Waals surface area contributed by atoms with E-state index in [2.05, 4.69) is 13.8 Å². The van der Waals surface area contributed by atoms with Crippen LogP contribution >= 0.6 is 0 Å². The first-order chi connectivity index (χ1) is 13.5. The maximum Gasteiger partial charge on any atom is 0.355 e. The SMILES string of the molecule is CCCN(CCC)C(=O)c1c(C)c(C(=O)OCC)n(Cc2ccccc2)c1C. The molecule has 28 heavy (non-hydrogen) atoms. The zero-order valence-electron chi connectivity index (χ0n) is 17.7. The number of carbonyl (C=O) groups excluding carboxylic acids is 2. The molecular formula is C23H32N2O3. The van der Waals surface area contributed by atoms with Crippen molar-refractivity contribution in [3.63, 3.8) is 0 Å². The molecule has 1 heterocycles. The summed E-state index contributed by atoms with van der Waals surface area (Å²) in [6, 6.07) is 9.95. The van der Waals surface area contributed by atoms with E-state index >= 15 is 0 Å². The molecule has 0 aliphatic carbocycles. The predicted octanol–water partition coefficient (Wildman–Crippen LogP) is 4.59. The summed E-state index contributed by atoms with van der Waals surface area (Å²) in [5.41, 5.74) is 3.69. The molecule has 2 aromatic rings. The summed E-state index contributed by atoms with van der Waals surface area (Å²) in [6.45, 7) is 12.0. The molecule has 0 aliphatic rings. The fourth-order valence-corrected chi connectivity index (χ4v) is 3.65. The minimum atomic E-state index is -0.379. The van der Waals surface area contributed by atoms with Gasteiger partial charge in [-0.2, -0.15) is 0 Å². The zero-order chi connectivity index (χ0) is 20.7. The summed E-state index contributed by atoms with van der Waals surface area (Å²) in [5.74, 6) is -0.383. The van der Waals surface area contributed by atoms with E-state index in [9.17, 15) is 9.59 Å². The van der Waals surface area contributed by atoms with Gasteiger partial charge in [0, 0.05) is 25.3 Å². The number of amides is 1. The van der Waals surface area contributed by atoms with Gasteiger partial charge in [-0.1, -0.05) is 44.2 Å². The highest BCUT2D eigenvalue weighted by Crippen LogP contribution is 2.26. The summed E-state index contributed by atoms with van der Waals surface area (Å²) >= 11 is 0. The molecule has 1 aromatic heterocycles. The molecule has 0 fully saturated rings. The summed E-state index contributed by atoms with van der Waals surface area (Å²) < 4.78 is 7.23. The van der Waals surface area contributed by atoms with E-state index in [0.29, 0.717) is 43.1 Å². The molecule has 0 N–H and O–H groups in total. The first kappa shape index (κ1) is 21.7. The number of ether oxygens (including phenoxy) is 1. The van der Waals surface area contributed by atoms with Crippen molar-refractivity contribution >= 4 is 11.9 Å². The topological polar surface area (TPSA) is 51.5 Å². The first-order valence-corrected chi connectivity index (χ1v) is 10.2. The van der Waals surface area contributed by atoms with Gasteiger partial charge in [-0.15, -0.1) is 0 Å². The van der Waals surface area contributed by atoms with E-state index in [4.69, 9.17) is 4.74 Å². The minimum Gasteiger partial charge on any atom is -0.461 e. The molecule has 0 saturated heterocycles. The van der Waals surface area contributed by atoms with Crippen LogP contribution in [0, 0.1) is 13.8 Å². The van der Waals surface area contributed by atoms with Crippen LogP contribution in [-0.2, 0) is 11.3 Å². The lowest BCUT2D eigenvalue weighted by Gasteiger charge is -2.22. The third-order valence-corrected chi connectivity index (χ3v) is 4.91. The van der Waals surface area contributed by atoms with Gasteiger partial charge in [-0.3, -0.25) is 4.79 Å². The standard InChI is InChI=1S/C23H32N2O3/c1-6-14-24(15-7-2)22(26)20-17(4)21(23(27)28-8-3)25(18(20)5)16-19-12-10-9-11-13-19/h9-13H,6-8,14-16H2,1-5H3. The van der Waals surface area contributed by atoms with Crippen LogP contribution in [0.2, 0.25) is 0 Å². The average molecular weight is 385 g/mol. The number of hydrogen-bond acceptors (Lipinski definition) is 3. The van der Waals surface area contributed by atoms with E-state index in [0.717, 1.165) is 24.1 Å². The lowest BCUT2D eigenvalue weighted by Crippen LogP contribution is -2.33. The van der Waals surface area contributed by atoms with Crippen LogP contribution in [-0.4, -0.2) is 41.0 Å². The molecule has 0 spiro atoms. The second-order valence-corrected chi connectivity index (χ2v) is 7.02. The molecule has 2 rings (SSSR count). The third-order valence-electron chi connectivity index (χ3n) is 4.91. The maximum absolute atomic E-state index is 13.3. The molecule has 0 saturated carbocycles. The van der Waals surface area contributed by atoms with Crippen LogP contribution in [0.4, 0.5) is 0 Å². The van der Waals surface area contributed by atoms with Gasteiger partial charge >= 0.3 is 5.97 Å². The van der Waals surface area contributed by atoms with Crippen molar-refractivity contribution < 1.29 is 14.3 Å². The van der Waals surface area contributed by atoms with Gasteiger partial charge in [0.25, 0.3) is 5.91 Å². The Morgan fingerprint density at radius 2 is 1.61 bits per heavy atom. The molecule has 0 bridgehead atoms. The Balaban J connectivity index is 2.56. The van der Waals surface area contributed by atoms with Gasteiger partial charge in [0.05, 0.1) is 12.2 Å². The Hall–Kier alpha value is -2.56. The Morgan fingerprint density at radius 3 is 2.14 bits per heavy atom. The van der Waals surface area contributed by atoms with Crippen LogP contribution in [0.5, 0.6) is 0 Å². The highest BCUT2D eigenvalue weighted by atomic mass is 16.5. The summed E-state index contributed by atoms with van der Waals surface area (Å²) in [5, 5.41) is 0. The van der Waals surface area contributed by atoms with Crippen LogP contribution in [0.15, 0.2) is 30.3 Å². The molecule has 0 unspecified atom stereocenters. The number of esters is 1. The number of aromatic nitrogens is 1. The number of benzene rings is 1. The van der Waals surface area contributed by atoms with Crippen LogP contribution in [0.25, 0.3) is 0 Å². The van der Waals surface area contributed by atoms with Crippen LogP contribution in [0.3, 0.4) is 0 Å². The van der Waals surface area contributed by atoms with Gasteiger partial charge in [-0.25, -0.2) is 4.79 Å². The number of nitrogens with zero attached hydrogens (tertiary/aromatic N) is 2. The largest absolute Gasteiger partial charge is 0.461 e. The molecule has 5 heteroatoms. The molecule has 1 aromatic carbocycles. The van der Waals surface area contributed by atoms with E-state index in [1.165, 1.54) is 0 Å². The van der Waals surface area contributed by atoms with Gasteiger partial charge < -0.3 is 14.2 Å². The quantitative estimate of drug-likeness (QED) is 0.594. The fraction of sp³-hybridized carbons (Fsp3) is 0.478. The van der Waals surface area contributed by atoms with Crippen molar-refractivity contribution in [3.05, 3.63) is 58.4 Å². The van der Waals surface area contributed by atoms with Gasteiger partial charge in [-0.05, 0) is 44.7 Å². The van der Waals surface area contributed by atoms with E-state index in [-0.39, 0.29) is 11.9 Å². The summed E-state index contributed by atoms with van der Waals surface area (Å²) in [4.78, 5) is 27.9. The van der Waals surface area contributed by atoms with Crippen molar-refractivity contribution in [2.75, 3.05) is 19.7 Å². The smallest absolute Gasteiger partial charge is 0.355 e. The third kappa shape index (κ3) is 4.64. The maximum atomic E-state index is 13.3. The number of carbonyl (C=O) groups is 2. The molecule has 152 valence electrons. The van der Waals surface area contributed by atoms with Crippen molar-refractivity contribution in [3.8, 4) is 0 Å². The summed E-state index contributed by atoms with van der Waals surface area (Å²) in [6.07, 6.45) is 1.80. The van der Waals surface area contributed by atoms with Crippen LogP contribution < -0.4 is 0 Å². The molecule has 0 radical (unpaired) electrons. The van der Waals surface area contributed by atoms with Gasteiger partial charge in [0.1, 0.15) is 5.69 Å². The highest BCUT2D eigenvalue weighted by Gasteiger charge is 2.29. The van der Waals surface area contributed by atoms with Crippen molar-refractivity contribution in [1.29, 1.82) is 0 Å². The molecular weight excluding hydrogens is 352 g/mol. The number of hydrogen-bond donors (Lipinski definition) is 0. The van der Waals surface area contributed by atoms with E-state index in [1.54, 1.807) is 6.92 Å². The van der Waals surface area contributed by atoms with Crippen molar-refractivity contribution in [1.82, 2.24) is 9.47 Å². The van der Waals surface area contributed by atoms with Gasteiger partial charge in [0.15, 0.2) is 0 Å². The Morgan fingerprint density at radius 1 is 1.00 bits per heavy atom. The second-order valence-electron chi connectivity index (χ2n) is 7.02. The van der Waals surface area contributed by atoms with Gasteiger partial charge in [0.2, 0.25) is 0 Å². The first-order valence-electron chi connectivity index (χ1n) is 10.2. The molecule has 5 nitrogen and oxygen atoms in total. The van der Waals surface area contributed by atoms with Crippen LogP contribution in [0.1, 0.15) is 71.3 Å². The van der Waals surface area contributed by atoms with Crippen molar-refractivity contribution in [2.24, 2.45) is 0 Å². The zero-order valence-corrected chi connectivity index (χ0v) is 17.7. The Labute approximate surface area is 168 Å². The number of rotatable bonds is 9. The van der Waals surface area contributed by atoms with Crippen molar-refractivity contribution in [2.45, 2.75) is 54.0 Å². The average Bonchev–Trinajstić information content (AvgIpc) is 2.92. The fourth-order valence-electron chi connectivity index (χ4n) is 3.65. The monoisotopic (exact) mass is 384 g/mol. The molecule has 0 aliphatic heterocycles. The lowest BCUT2D eigenvalue weighted by molar-refractivity contribution is 0.0513. The lowest BCUT2D eigenvalue weighted by atomic mass is 10.1. The summed E-state index contributed by atoms with van der Waals surface area (Å²) in [7, 11) is 0. The highest BCUT2D eigenvalue weighted by molar-refractivity contribution is 6.01. The predicted molar refractivity (Wildman–Crippen MR) is 112 cm³/mol. The second kappa shape index (κ2) is 10.1. The van der Waals surface area contributed by atoms with E-state index in [1.807, 2.05) is 53.6 Å². The Bertz CT molecular complexity index is 803. The van der Waals surface area contributed by atoms with E-state index < -0.39 is 0 Å². The minimum absolute atomic E-state index is 0.00365. The molecule has 0 atom stereocenters.